The van der Waals surface area contributed by atoms with Gasteiger partial charge >= 0.3 is 0 Å². The Bertz CT molecular complexity index is 597. The number of rotatable bonds is 2. The Morgan fingerprint density at radius 3 is 2.56 bits per heavy atom. The number of nitrogens with one attached hydrogen (secondary N) is 1. The van der Waals surface area contributed by atoms with Crippen LogP contribution < -0.4 is 10.1 Å². The maximum atomic E-state index is 10.3. The van der Waals surface area contributed by atoms with Gasteiger partial charge in [0.2, 0.25) is 0 Å². The zero-order chi connectivity index (χ0) is 17.6. The van der Waals surface area contributed by atoms with Crippen molar-refractivity contribution in [1.29, 1.82) is 0 Å². The summed E-state index contributed by atoms with van der Waals surface area (Å²) < 4.78 is 22.6. The smallest absolute Gasteiger partial charge is 0.187 e. The maximum Gasteiger partial charge on any atom is 0.187 e. The molecule has 1 aromatic rings. The SMILES string of the molecule is COc1ccc([C@H]2OC[C@@H]3O[C@H](O[C@H]4[C@@H]2NC[C@@H]4O)[C@H](O)[C@H]3O)cc1. The van der Waals surface area contributed by atoms with Crippen LogP contribution in [0.4, 0.5) is 0 Å². The lowest BCUT2D eigenvalue weighted by molar-refractivity contribution is -0.203. The highest BCUT2D eigenvalue weighted by atomic mass is 16.7. The van der Waals surface area contributed by atoms with Crippen LogP contribution in [0.2, 0.25) is 0 Å². The first-order valence-corrected chi connectivity index (χ1v) is 8.42. The topological polar surface area (TPSA) is 110 Å². The van der Waals surface area contributed by atoms with E-state index < -0.39 is 42.9 Å². The lowest BCUT2D eigenvalue weighted by atomic mass is 9.97. The molecule has 0 spiro atoms. The van der Waals surface area contributed by atoms with Gasteiger partial charge in [0.1, 0.15) is 36.3 Å². The molecule has 1 aromatic carbocycles. The van der Waals surface area contributed by atoms with Crippen LogP contribution in [0.15, 0.2) is 24.3 Å². The Hall–Kier alpha value is -1.26. The summed E-state index contributed by atoms with van der Waals surface area (Å²) in [4.78, 5) is 0. The highest BCUT2D eigenvalue weighted by Gasteiger charge is 2.51. The highest BCUT2D eigenvalue weighted by molar-refractivity contribution is 5.30. The molecule has 3 fully saturated rings. The zero-order valence-electron chi connectivity index (χ0n) is 13.8. The van der Waals surface area contributed by atoms with Crippen molar-refractivity contribution in [2.24, 2.45) is 0 Å². The summed E-state index contributed by atoms with van der Waals surface area (Å²) in [7, 11) is 1.60. The van der Waals surface area contributed by atoms with Gasteiger partial charge in [-0.05, 0) is 17.7 Å². The molecule has 3 aliphatic heterocycles. The molecule has 0 aromatic heterocycles. The van der Waals surface area contributed by atoms with Crippen LogP contribution in [-0.2, 0) is 14.2 Å². The van der Waals surface area contributed by atoms with Crippen molar-refractivity contribution in [2.45, 2.75) is 49.0 Å². The lowest BCUT2D eigenvalue weighted by Gasteiger charge is -2.31. The molecule has 25 heavy (non-hydrogen) atoms. The van der Waals surface area contributed by atoms with E-state index >= 15 is 0 Å². The summed E-state index contributed by atoms with van der Waals surface area (Å²) in [5.74, 6) is 0.736. The molecule has 0 radical (unpaired) electrons. The third kappa shape index (κ3) is 3.04. The molecule has 4 rings (SSSR count). The molecule has 4 N–H and O–H groups in total. The summed E-state index contributed by atoms with van der Waals surface area (Å²) in [6, 6.07) is 7.17. The largest absolute Gasteiger partial charge is 0.497 e. The summed E-state index contributed by atoms with van der Waals surface area (Å²) >= 11 is 0. The van der Waals surface area contributed by atoms with Crippen molar-refractivity contribution in [1.82, 2.24) is 5.32 Å². The van der Waals surface area contributed by atoms with Crippen LogP contribution in [0.1, 0.15) is 11.7 Å². The standard InChI is InChI=1S/C17H23NO7/c1-22-9-4-2-8(3-5-9)15-12-16(10(19)6-18-12)25-17-14(21)13(20)11(24-17)7-23-15/h2-5,10-21H,6-7H2,1H3/t10-,11-,12+,13-,14+,15+,16+,17+/m0/s1. The van der Waals surface area contributed by atoms with Gasteiger partial charge in [-0.25, -0.2) is 0 Å². The molecular weight excluding hydrogens is 330 g/mol. The van der Waals surface area contributed by atoms with Crippen molar-refractivity contribution < 1.29 is 34.3 Å². The van der Waals surface area contributed by atoms with E-state index in [2.05, 4.69) is 5.32 Å². The van der Waals surface area contributed by atoms with Gasteiger partial charge < -0.3 is 39.6 Å². The van der Waals surface area contributed by atoms with Crippen molar-refractivity contribution in [2.75, 3.05) is 20.3 Å². The van der Waals surface area contributed by atoms with Gasteiger partial charge in [0.15, 0.2) is 6.29 Å². The van der Waals surface area contributed by atoms with Gasteiger partial charge in [0.25, 0.3) is 0 Å². The van der Waals surface area contributed by atoms with Crippen LogP contribution in [0, 0.1) is 0 Å². The van der Waals surface area contributed by atoms with Crippen LogP contribution in [-0.4, -0.2) is 78.4 Å². The predicted molar refractivity (Wildman–Crippen MR) is 85.0 cm³/mol. The molecule has 138 valence electrons. The molecule has 3 saturated heterocycles. The van der Waals surface area contributed by atoms with Crippen molar-refractivity contribution in [3.63, 3.8) is 0 Å². The van der Waals surface area contributed by atoms with Crippen LogP contribution in [0.5, 0.6) is 5.75 Å². The second-order valence-corrected chi connectivity index (χ2v) is 6.65. The molecule has 3 heterocycles. The van der Waals surface area contributed by atoms with E-state index in [9.17, 15) is 15.3 Å². The van der Waals surface area contributed by atoms with Gasteiger partial charge in [-0.3, -0.25) is 0 Å². The van der Waals surface area contributed by atoms with E-state index in [1.165, 1.54) is 0 Å². The van der Waals surface area contributed by atoms with E-state index in [0.717, 1.165) is 11.3 Å². The van der Waals surface area contributed by atoms with Gasteiger partial charge in [0, 0.05) is 6.54 Å². The van der Waals surface area contributed by atoms with Crippen LogP contribution in [0.25, 0.3) is 0 Å². The van der Waals surface area contributed by atoms with E-state index in [1.54, 1.807) is 7.11 Å². The van der Waals surface area contributed by atoms with E-state index in [4.69, 9.17) is 18.9 Å². The summed E-state index contributed by atoms with van der Waals surface area (Å²) in [6.45, 7) is 0.454. The summed E-state index contributed by atoms with van der Waals surface area (Å²) in [5.41, 5.74) is 0.897. The number of methoxy groups -OCH3 is 1. The van der Waals surface area contributed by atoms with E-state index in [0.29, 0.717) is 6.54 Å². The number of aliphatic hydroxyl groups is 3. The monoisotopic (exact) mass is 353 g/mol. The molecule has 8 nitrogen and oxygen atoms in total. The fourth-order valence-electron chi connectivity index (χ4n) is 3.70. The average Bonchev–Trinajstić information content (AvgIpc) is 3.14. The normalized spacial score (nSPS) is 43.8. The Balaban J connectivity index is 1.64. The number of ether oxygens (including phenoxy) is 4. The van der Waals surface area contributed by atoms with Gasteiger partial charge in [-0.1, -0.05) is 12.1 Å². The van der Waals surface area contributed by atoms with Gasteiger partial charge in [0.05, 0.1) is 25.9 Å². The number of benzene rings is 1. The van der Waals surface area contributed by atoms with Crippen molar-refractivity contribution in [3.8, 4) is 5.75 Å². The number of hydrogen-bond acceptors (Lipinski definition) is 8. The first-order chi connectivity index (χ1) is 12.1. The lowest BCUT2D eigenvalue weighted by Crippen LogP contribution is -2.46. The number of β-amino-alcohol motifs (C(OH)–C–C–N with tert-alkyl or cyclic N) is 1. The van der Waals surface area contributed by atoms with E-state index in [-0.39, 0.29) is 12.6 Å². The average molecular weight is 353 g/mol. The predicted octanol–water partition coefficient (Wildman–Crippen LogP) is -1.07. The zero-order valence-corrected chi connectivity index (χ0v) is 13.8. The first kappa shape index (κ1) is 17.2. The maximum absolute atomic E-state index is 10.3. The van der Waals surface area contributed by atoms with Crippen molar-refractivity contribution in [3.05, 3.63) is 29.8 Å². The number of hydrogen-bond donors (Lipinski definition) is 4. The highest BCUT2D eigenvalue weighted by Crippen LogP contribution is 2.35. The Morgan fingerprint density at radius 2 is 1.84 bits per heavy atom. The molecule has 8 heteroatoms. The molecule has 0 amide bonds. The second kappa shape index (κ2) is 6.81. The molecule has 0 saturated carbocycles. The Kier molecular flexibility index (Phi) is 4.67. The summed E-state index contributed by atoms with van der Waals surface area (Å²) in [5, 5.41) is 33.7. The van der Waals surface area contributed by atoms with Gasteiger partial charge in [-0.2, -0.15) is 0 Å². The molecule has 2 bridgehead atoms. The quantitative estimate of drug-likeness (QED) is 0.532. The minimum Gasteiger partial charge on any atom is -0.497 e. The first-order valence-electron chi connectivity index (χ1n) is 8.42. The Morgan fingerprint density at radius 1 is 1.08 bits per heavy atom. The van der Waals surface area contributed by atoms with Crippen LogP contribution >= 0.6 is 0 Å². The number of aliphatic hydroxyl groups excluding tert-OH is 3. The van der Waals surface area contributed by atoms with Crippen molar-refractivity contribution >= 4 is 0 Å². The molecular formula is C17H23NO7. The molecule has 0 unspecified atom stereocenters. The van der Waals surface area contributed by atoms with Gasteiger partial charge in [-0.15, -0.1) is 0 Å². The molecule has 8 atom stereocenters. The number of fused-ring (bicyclic) bond motifs is 3. The Labute approximate surface area is 145 Å². The third-order valence-corrected chi connectivity index (χ3v) is 5.12. The van der Waals surface area contributed by atoms with Crippen LogP contribution in [0.3, 0.4) is 0 Å². The molecule has 0 aliphatic carbocycles. The summed E-state index contributed by atoms with van der Waals surface area (Å²) in [6.07, 6.45) is -5.73. The third-order valence-electron chi connectivity index (χ3n) is 5.12. The second-order valence-electron chi connectivity index (χ2n) is 6.65. The fraction of sp³-hybridized carbons (Fsp3) is 0.647. The molecule has 3 aliphatic rings. The minimum absolute atomic E-state index is 0.107. The fourth-order valence-corrected chi connectivity index (χ4v) is 3.70. The minimum atomic E-state index is -1.17. The van der Waals surface area contributed by atoms with E-state index in [1.807, 2.05) is 24.3 Å².